The standard InChI is InChI=1S/C42H44N10O6/c1-24-18-30(53)21-50(24)23-37-44-33-9-6-28(19-34(33)45-37)43-39(55)27-4-2-26(3-5-27)35-22-51(48-47-35)17-14-25-12-15-49(16-13-25)29-7-8-31-32(20-29)42(58)52(41(31)57)36-10-11-38(54)46-40(36)56/h2-9,19-20,22,24-25,30,36,53H,10-18,21,23H2,1H3,(H,43,55)(H,44,45)(H,46,54,56)/t24-,30-,36?/m0/s1. The molecule has 4 N–H and O–H groups in total. The predicted octanol–water partition coefficient (Wildman–Crippen LogP) is 3.74. The molecular weight excluding hydrogens is 741 g/mol. The molecule has 2 aromatic heterocycles. The Balaban J connectivity index is 0.751. The molecule has 6 heterocycles. The molecule has 4 aliphatic heterocycles. The minimum Gasteiger partial charge on any atom is -0.392 e. The second kappa shape index (κ2) is 15.2. The third-order valence-corrected chi connectivity index (χ3v) is 12.0. The van der Waals surface area contributed by atoms with Gasteiger partial charge in [-0.3, -0.25) is 43.8 Å². The van der Waals surface area contributed by atoms with Crippen molar-refractivity contribution in [3.63, 3.8) is 0 Å². The quantitative estimate of drug-likeness (QED) is 0.151. The van der Waals surface area contributed by atoms with Gasteiger partial charge in [-0.2, -0.15) is 0 Å². The summed E-state index contributed by atoms with van der Waals surface area (Å²) >= 11 is 0. The molecule has 3 saturated heterocycles. The number of aryl methyl sites for hydroxylation is 1. The van der Waals surface area contributed by atoms with Crippen molar-refractivity contribution in [3.05, 3.63) is 89.4 Å². The summed E-state index contributed by atoms with van der Waals surface area (Å²) in [6.45, 7) is 5.68. The Morgan fingerprint density at radius 3 is 2.50 bits per heavy atom. The number of rotatable bonds is 10. The topological polar surface area (TPSA) is 199 Å². The third-order valence-electron chi connectivity index (χ3n) is 12.0. The van der Waals surface area contributed by atoms with Crippen LogP contribution in [-0.4, -0.2) is 107 Å². The van der Waals surface area contributed by atoms with Crippen LogP contribution in [0, 0.1) is 5.92 Å². The molecule has 1 unspecified atom stereocenters. The van der Waals surface area contributed by atoms with Gasteiger partial charge in [0.1, 0.15) is 17.6 Å². The van der Waals surface area contributed by atoms with Crippen molar-refractivity contribution in [2.45, 2.75) is 76.7 Å². The minimum atomic E-state index is -0.984. The number of hydrogen-bond donors (Lipinski definition) is 4. The number of aromatic amines is 1. The number of hydrogen-bond acceptors (Lipinski definition) is 11. The van der Waals surface area contributed by atoms with E-state index in [2.05, 4.69) is 42.7 Å². The fourth-order valence-electron chi connectivity index (χ4n) is 8.68. The first-order valence-corrected chi connectivity index (χ1v) is 19.9. The molecule has 3 fully saturated rings. The van der Waals surface area contributed by atoms with E-state index in [0.29, 0.717) is 42.8 Å². The summed E-state index contributed by atoms with van der Waals surface area (Å²) in [5.74, 6) is -0.942. The number of carbonyl (C=O) groups excluding carboxylic acids is 5. The Kier molecular flexibility index (Phi) is 9.81. The van der Waals surface area contributed by atoms with E-state index in [9.17, 15) is 29.1 Å². The van der Waals surface area contributed by atoms with E-state index in [1.54, 1.807) is 24.3 Å². The van der Waals surface area contributed by atoms with Crippen molar-refractivity contribution in [3.8, 4) is 11.3 Å². The van der Waals surface area contributed by atoms with Gasteiger partial charge in [-0.05, 0) is 93.5 Å². The van der Waals surface area contributed by atoms with E-state index in [-0.39, 0.29) is 36.0 Å². The van der Waals surface area contributed by atoms with E-state index < -0.39 is 29.7 Å². The summed E-state index contributed by atoms with van der Waals surface area (Å²) in [6.07, 6.45) is 5.43. The van der Waals surface area contributed by atoms with Crippen molar-refractivity contribution >= 4 is 51.9 Å². The first-order chi connectivity index (χ1) is 28.1. The zero-order valence-corrected chi connectivity index (χ0v) is 32.1. The van der Waals surface area contributed by atoms with Crippen LogP contribution in [0.1, 0.15) is 82.3 Å². The number of aliphatic hydroxyl groups excluding tert-OH is 1. The van der Waals surface area contributed by atoms with E-state index in [1.807, 2.05) is 47.3 Å². The lowest BCUT2D eigenvalue weighted by Crippen LogP contribution is -2.54. The lowest BCUT2D eigenvalue weighted by molar-refractivity contribution is -0.136. The highest BCUT2D eigenvalue weighted by Gasteiger charge is 2.45. The monoisotopic (exact) mass is 784 g/mol. The van der Waals surface area contributed by atoms with Crippen LogP contribution in [0.3, 0.4) is 0 Å². The van der Waals surface area contributed by atoms with Gasteiger partial charge >= 0.3 is 0 Å². The molecule has 0 saturated carbocycles. The Morgan fingerprint density at radius 2 is 1.74 bits per heavy atom. The largest absolute Gasteiger partial charge is 0.392 e. The second-order valence-electron chi connectivity index (χ2n) is 15.9. The molecule has 5 amide bonds. The SMILES string of the molecule is C[C@H]1C[C@H](O)CN1Cc1nc2ccc(NC(=O)c3ccc(-c4cn(CCC5CCN(c6ccc7c(c6)C(=O)N(C6CCC(=O)NC6=O)C7=O)CC5)nn4)cc3)cc2[nH]1. The highest BCUT2D eigenvalue weighted by Crippen LogP contribution is 2.33. The zero-order valence-electron chi connectivity index (χ0n) is 32.1. The number of imide groups is 2. The number of aliphatic hydroxyl groups is 1. The molecule has 0 aliphatic carbocycles. The average molecular weight is 785 g/mol. The van der Waals surface area contributed by atoms with Crippen molar-refractivity contribution < 1.29 is 29.1 Å². The highest BCUT2D eigenvalue weighted by atomic mass is 16.3. The Morgan fingerprint density at radius 1 is 0.948 bits per heavy atom. The van der Waals surface area contributed by atoms with Gasteiger partial charge in [0.05, 0.1) is 41.0 Å². The van der Waals surface area contributed by atoms with E-state index in [4.69, 9.17) is 4.98 Å². The van der Waals surface area contributed by atoms with Crippen LogP contribution in [0.2, 0.25) is 0 Å². The molecular formula is C42H44N10O6. The normalized spacial score (nSPS) is 21.6. The summed E-state index contributed by atoms with van der Waals surface area (Å²) in [7, 11) is 0. The molecule has 0 radical (unpaired) electrons. The average Bonchev–Trinajstić information content (AvgIpc) is 3.99. The number of benzene rings is 3. The first-order valence-electron chi connectivity index (χ1n) is 19.9. The number of fused-ring (bicyclic) bond motifs is 2. The minimum absolute atomic E-state index is 0.0829. The van der Waals surface area contributed by atoms with Gasteiger partial charge in [0, 0.05) is 61.1 Å². The van der Waals surface area contributed by atoms with Crippen LogP contribution in [0.5, 0.6) is 0 Å². The van der Waals surface area contributed by atoms with E-state index >= 15 is 0 Å². The number of nitrogens with one attached hydrogen (secondary N) is 3. The highest BCUT2D eigenvalue weighted by molar-refractivity contribution is 6.23. The maximum absolute atomic E-state index is 13.3. The van der Waals surface area contributed by atoms with Gasteiger partial charge in [0.2, 0.25) is 11.8 Å². The lowest BCUT2D eigenvalue weighted by atomic mass is 9.93. The number of aromatic nitrogens is 5. The van der Waals surface area contributed by atoms with Crippen LogP contribution in [-0.2, 0) is 22.7 Å². The number of carbonyl (C=O) groups is 5. The summed E-state index contributed by atoms with van der Waals surface area (Å²) < 4.78 is 1.85. The fourth-order valence-corrected chi connectivity index (χ4v) is 8.68. The molecule has 16 nitrogen and oxygen atoms in total. The predicted molar refractivity (Wildman–Crippen MR) is 213 cm³/mol. The lowest BCUT2D eigenvalue weighted by Gasteiger charge is -2.33. The van der Waals surface area contributed by atoms with Crippen LogP contribution in [0.15, 0.2) is 66.9 Å². The number of nitrogens with zero attached hydrogens (tertiary/aromatic N) is 7. The Bertz CT molecular complexity index is 2430. The number of amides is 5. The molecule has 58 heavy (non-hydrogen) atoms. The molecule has 16 heteroatoms. The maximum Gasteiger partial charge on any atom is 0.262 e. The number of imidazole rings is 1. The summed E-state index contributed by atoms with van der Waals surface area (Å²) in [5.41, 5.74) is 5.84. The van der Waals surface area contributed by atoms with Gasteiger partial charge in [0.25, 0.3) is 17.7 Å². The first kappa shape index (κ1) is 37.3. The molecule has 9 rings (SSSR count). The summed E-state index contributed by atoms with van der Waals surface area (Å²) in [6, 6.07) is 17.5. The van der Waals surface area contributed by atoms with Gasteiger partial charge in [-0.25, -0.2) is 4.98 Å². The summed E-state index contributed by atoms with van der Waals surface area (Å²) in [5, 5.41) is 23.9. The molecule has 5 aromatic rings. The Labute approximate surface area is 333 Å². The van der Waals surface area contributed by atoms with Crippen LogP contribution in [0.25, 0.3) is 22.3 Å². The van der Waals surface area contributed by atoms with Crippen LogP contribution >= 0.6 is 0 Å². The van der Waals surface area contributed by atoms with Gasteiger partial charge in [-0.15, -0.1) is 5.10 Å². The number of anilines is 2. The molecule has 3 aromatic carbocycles. The number of β-amino-alcohol motifs (C(OH)–C–C–N with tert-alkyl or cyclic N) is 1. The van der Waals surface area contributed by atoms with Crippen molar-refractivity contribution in [1.29, 1.82) is 0 Å². The van der Waals surface area contributed by atoms with Crippen molar-refractivity contribution in [2.75, 3.05) is 29.9 Å². The Hall–Kier alpha value is -6.26. The van der Waals surface area contributed by atoms with E-state index in [1.165, 1.54) is 0 Å². The van der Waals surface area contributed by atoms with Crippen molar-refractivity contribution in [1.82, 2.24) is 40.1 Å². The molecule has 298 valence electrons. The molecule has 0 bridgehead atoms. The van der Waals surface area contributed by atoms with Crippen molar-refractivity contribution in [2.24, 2.45) is 5.92 Å². The fraction of sp³-hybridized carbons (Fsp3) is 0.381. The smallest absolute Gasteiger partial charge is 0.262 e. The maximum atomic E-state index is 13.3. The summed E-state index contributed by atoms with van der Waals surface area (Å²) in [4.78, 5) is 77.0. The van der Waals surface area contributed by atoms with Crippen LogP contribution < -0.4 is 15.5 Å². The van der Waals surface area contributed by atoms with E-state index in [0.717, 1.165) is 77.5 Å². The third kappa shape index (κ3) is 7.36. The van der Waals surface area contributed by atoms with Gasteiger partial charge < -0.3 is 20.3 Å². The number of piperidine rings is 2. The number of likely N-dealkylation sites (tertiary alicyclic amines) is 1. The van der Waals surface area contributed by atoms with Gasteiger partial charge in [0.15, 0.2) is 0 Å². The molecule has 0 spiro atoms. The van der Waals surface area contributed by atoms with Gasteiger partial charge in [-0.1, -0.05) is 17.3 Å². The molecule has 4 aliphatic rings. The second-order valence-corrected chi connectivity index (χ2v) is 15.9. The zero-order chi connectivity index (χ0) is 40.1. The number of H-pyrrole nitrogens is 1. The molecule has 3 atom stereocenters. The van der Waals surface area contributed by atoms with Crippen LogP contribution in [0.4, 0.5) is 11.4 Å².